The summed E-state index contributed by atoms with van der Waals surface area (Å²) >= 11 is 0. The Labute approximate surface area is 108 Å². The molecule has 0 unspecified atom stereocenters. The van der Waals surface area contributed by atoms with Crippen LogP contribution in [0.25, 0.3) is 0 Å². The van der Waals surface area contributed by atoms with Crippen LogP contribution in [-0.4, -0.2) is 24.4 Å². The monoisotopic (exact) mass is 271 g/mol. The van der Waals surface area contributed by atoms with E-state index < -0.39 is 30.8 Å². The number of benzene rings is 1. The molecule has 0 spiro atoms. The molecular weight excluding hydrogens is 259 g/mol. The fraction of sp³-hybridized carbons (Fsp3) is 0.385. The van der Waals surface area contributed by atoms with Gasteiger partial charge in [-0.3, -0.25) is 9.59 Å². The first kappa shape index (κ1) is 13.6. The Bertz CT molecular complexity index is 537. The van der Waals surface area contributed by atoms with E-state index in [4.69, 9.17) is 0 Å². The van der Waals surface area contributed by atoms with E-state index in [-0.39, 0.29) is 11.3 Å². The second-order valence-corrected chi connectivity index (χ2v) is 4.36. The Hall–Kier alpha value is -1.85. The molecule has 1 aromatic carbocycles. The quantitative estimate of drug-likeness (QED) is 0.793. The number of anilines is 1. The number of fused-ring (bicyclic) bond motifs is 1. The minimum Gasteiger partial charge on any atom is -0.304 e. The summed E-state index contributed by atoms with van der Waals surface area (Å²) in [5, 5.41) is 0. The first-order chi connectivity index (χ1) is 8.83. The van der Waals surface area contributed by atoms with Crippen LogP contribution in [-0.2, 0) is 11.2 Å². The van der Waals surface area contributed by atoms with Gasteiger partial charge in [0.05, 0.1) is 17.7 Å². The van der Waals surface area contributed by atoms with Gasteiger partial charge in [0.25, 0.3) is 11.7 Å². The summed E-state index contributed by atoms with van der Waals surface area (Å²) in [6.45, 7) is 1.37. The van der Waals surface area contributed by atoms with E-state index in [1.54, 1.807) is 12.1 Å². The number of hydrogen-bond acceptors (Lipinski definition) is 2. The van der Waals surface area contributed by atoms with Crippen molar-refractivity contribution < 1.29 is 22.8 Å². The number of alkyl halides is 3. The van der Waals surface area contributed by atoms with Gasteiger partial charge in [0.15, 0.2) is 0 Å². The molecule has 3 nitrogen and oxygen atoms in total. The topological polar surface area (TPSA) is 37.4 Å². The summed E-state index contributed by atoms with van der Waals surface area (Å²) in [5.74, 6) is -1.61. The van der Waals surface area contributed by atoms with E-state index in [0.29, 0.717) is 6.42 Å². The van der Waals surface area contributed by atoms with Crippen LogP contribution in [0.1, 0.15) is 29.3 Å². The summed E-state index contributed by atoms with van der Waals surface area (Å²) in [6, 6.07) is 4.82. The highest BCUT2D eigenvalue weighted by atomic mass is 19.4. The average Bonchev–Trinajstić information content (AvgIpc) is 2.58. The third kappa shape index (κ3) is 2.62. The third-order valence-corrected chi connectivity index (χ3v) is 3.06. The van der Waals surface area contributed by atoms with E-state index in [1.165, 1.54) is 6.07 Å². The number of carbonyl (C=O) groups is 2. The van der Waals surface area contributed by atoms with Crippen molar-refractivity contribution in [2.75, 3.05) is 11.4 Å². The molecule has 0 saturated heterocycles. The smallest absolute Gasteiger partial charge is 0.304 e. The van der Waals surface area contributed by atoms with E-state index in [9.17, 15) is 22.8 Å². The lowest BCUT2D eigenvalue weighted by molar-refractivity contribution is -0.133. The lowest BCUT2D eigenvalue weighted by atomic mass is 10.1. The van der Waals surface area contributed by atoms with Crippen molar-refractivity contribution in [1.82, 2.24) is 0 Å². The molecule has 1 aromatic rings. The lowest BCUT2D eigenvalue weighted by Crippen LogP contribution is -2.33. The molecule has 1 aliphatic heterocycles. The zero-order valence-electron chi connectivity index (χ0n) is 10.3. The zero-order valence-corrected chi connectivity index (χ0v) is 10.3. The molecule has 0 saturated carbocycles. The molecule has 1 amide bonds. The van der Waals surface area contributed by atoms with Crippen LogP contribution in [0.4, 0.5) is 18.9 Å². The molecule has 0 aromatic heterocycles. The van der Waals surface area contributed by atoms with Crippen molar-refractivity contribution in [3.8, 4) is 0 Å². The molecule has 0 fully saturated rings. The van der Waals surface area contributed by atoms with Crippen molar-refractivity contribution >= 4 is 17.4 Å². The Balaban J connectivity index is 2.29. The molecule has 0 atom stereocenters. The van der Waals surface area contributed by atoms with Crippen molar-refractivity contribution in [3.63, 3.8) is 0 Å². The highest BCUT2D eigenvalue weighted by molar-refractivity contribution is 6.52. The lowest BCUT2D eigenvalue weighted by Gasteiger charge is -2.17. The van der Waals surface area contributed by atoms with Crippen LogP contribution in [0.3, 0.4) is 0 Å². The van der Waals surface area contributed by atoms with Crippen LogP contribution >= 0.6 is 0 Å². The van der Waals surface area contributed by atoms with Gasteiger partial charge >= 0.3 is 6.18 Å². The maximum absolute atomic E-state index is 12.2. The number of hydrogen-bond donors (Lipinski definition) is 0. The molecular formula is C13H12F3NO2. The highest BCUT2D eigenvalue weighted by Crippen LogP contribution is 2.31. The van der Waals surface area contributed by atoms with Crippen molar-refractivity contribution in [3.05, 3.63) is 29.3 Å². The maximum atomic E-state index is 12.2. The van der Waals surface area contributed by atoms with Gasteiger partial charge in [-0.1, -0.05) is 13.0 Å². The summed E-state index contributed by atoms with van der Waals surface area (Å²) in [4.78, 5) is 24.3. The SMILES string of the molecule is CCc1ccc2c(c1)C(=O)C(=O)N2CCC(F)(F)F. The molecule has 102 valence electrons. The Morgan fingerprint density at radius 2 is 1.89 bits per heavy atom. The van der Waals surface area contributed by atoms with Gasteiger partial charge in [0, 0.05) is 6.54 Å². The Kier molecular flexibility index (Phi) is 3.34. The van der Waals surface area contributed by atoms with E-state index in [2.05, 4.69) is 0 Å². The highest BCUT2D eigenvalue weighted by Gasteiger charge is 2.38. The summed E-state index contributed by atoms with van der Waals surface area (Å²) in [6.07, 6.45) is -4.78. The maximum Gasteiger partial charge on any atom is 0.390 e. The molecule has 1 aliphatic rings. The molecule has 6 heteroatoms. The molecule has 0 radical (unpaired) electrons. The normalized spacial score (nSPS) is 15.1. The number of rotatable bonds is 3. The number of Topliss-reactive ketones (excluding diaryl/α,β-unsaturated/α-hetero) is 1. The first-order valence-electron chi connectivity index (χ1n) is 5.89. The minimum atomic E-state index is -4.35. The standard InChI is InChI=1S/C13H12F3NO2/c1-2-8-3-4-10-9(7-8)11(18)12(19)17(10)6-5-13(14,15)16/h3-4,7H,2,5-6H2,1H3. The predicted octanol–water partition coefficient (Wildman–Crippen LogP) is 2.73. The number of carbonyl (C=O) groups excluding carboxylic acids is 2. The molecule has 0 N–H and O–H groups in total. The van der Waals surface area contributed by atoms with Gasteiger partial charge in [0.2, 0.25) is 0 Å². The first-order valence-corrected chi connectivity index (χ1v) is 5.89. The van der Waals surface area contributed by atoms with Crippen LogP contribution in [0.5, 0.6) is 0 Å². The number of aryl methyl sites for hydroxylation is 1. The largest absolute Gasteiger partial charge is 0.390 e. The molecule has 0 aliphatic carbocycles. The Morgan fingerprint density at radius 1 is 1.21 bits per heavy atom. The third-order valence-electron chi connectivity index (χ3n) is 3.06. The second kappa shape index (κ2) is 4.68. The van der Waals surface area contributed by atoms with Crippen molar-refractivity contribution in [1.29, 1.82) is 0 Å². The van der Waals surface area contributed by atoms with Gasteiger partial charge in [-0.2, -0.15) is 13.2 Å². The van der Waals surface area contributed by atoms with E-state index in [1.807, 2.05) is 6.92 Å². The molecule has 2 rings (SSSR count). The van der Waals surface area contributed by atoms with Crippen LogP contribution in [0, 0.1) is 0 Å². The Morgan fingerprint density at radius 3 is 2.47 bits per heavy atom. The van der Waals surface area contributed by atoms with Crippen molar-refractivity contribution in [2.45, 2.75) is 25.9 Å². The van der Waals surface area contributed by atoms with Crippen LogP contribution in [0.15, 0.2) is 18.2 Å². The average molecular weight is 271 g/mol. The van der Waals surface area contributed by atoms with Gasteiger partial charge in [-0.05, 0) is 24.1 Å². The van der Waals surface area contributed by atoms with E-state index in [0.717, 1.165) is 10.5 Å². The van der Waals surface area contributed by atoms with Gasteiger partial charge in [0.1, 0.15) is 0 Å². The van der Waals surface area contributed by atoms with Gasteiger partial charge < -0.3 is 4.90 Å². The van der Waals surface area contributed by atoms with Crippen LogP contribution < -0.4 is 4.90 Å². The van der Waals surface area contributed by atoms with Crippen LogP contribution in [0.2, 0.25) is 0 Å². The number of halogens is 3. The molecule has 0 bridgehead atoms. The predicted molar refractivity (Wildman–Crippen MR) is 63.2 cm³/mol. The minimum absolute atomic E-state index is 0.200. The summed E-state index contributed by atoms with van der Waals surface area (Å²) in [7, 11) is 0. The van der Waals surface area contributed by atoms with Gasteiger partial charge in [-0.15, -0.1) is 0 Å². The fourth-order valence-electron chi connectivity index (χ4n) is 2.03. The summed E-state index contributed by atoms with van der Waals surface area (Å²) < 4.78 is 36.6. The molecule has 1 heterocycles. The number of amides is 1. The zero-order chi connectivity index (χ0) is 14.2. The van der Waals surface area contributed by atoms with Crippen molar-refractivity contribution in [2.24, 2.45) is 0 Å². The molecule has 19 heavy (non-hydrogen) atoms. The van der Waals surface area contributed by atoms with E-state index >= 15 is 0 Å². The second-order valence-electron chi connectivity index (χ2n) is 4.36. The fourth-order valence-corrected chi connectivity index (χ4v) is 2.03. The number of nitrogens with zero attached hydrogens (tertiary/aromatic N) is 1. The summed E-state index contributed by atoms with van der Waals surface area (Å²) in [5.41, 5.74) is 1.35. The number of ketones is 1. The van der Waals surface area contributed by atoms with Gasteiger partial charge in [-0.25, -0.2) is 0 Å².